The van der Waals surface area contributed by atoms with E-state index in [0.29, 0.717) is 18.2 Å². The molecule has 3 aliphatic rings. The highest BCUT2D eigenvalue weighted by Crippen LogP contribution is 2.49. The minimum atomic E-state index is 0.115. The van der Waals surface area contributed by atoms with Crippen LogP contribution in [0.2, 0.25) is 0 Å². The van der Waals surface area contributed by atoms with Crippen LogP contribution in [0.15, 0.2) is 59.1 Å². The van der Waals surface area contributed by atoms with Crippen molar-refractivity contribution in [3.8, 4) is 0 Å². The van der Waals surface area contributed by atoms with Crippen LogP contribution in [0.4, 0.5) is 5.69 Å². The monoisotopic (exact) mass is 355 g/mol. The van der Waals surface area contributed by atoms with Gasteiger partial charge in [0.2, 0.25) is 0 Å². The smallest absolute Gasteiger partial charge is 0.140 e. The molecule has 1 saturated carbocycles. The Labute approximate surface area is 139 Å². The summed E-state index contributed by atoms with van der Waals surface area (Å²) in [5, 5.41) is 0. The van der Waals surface area contributed by atoms with E-state index < -0.39 is 0 Å². The van der Waals surface area contributed by atoms with Gasteiger partial charge >= 0.3 is 0 Å². The summed E-state index contributed by atoms with van der Waals surface area (Å²) in [6, 6.07) is 19.3. The molecule has 1 aliphatic carbocycles. The van der Waals surface area contributed by atoms with Gasteiger partial charge < -0.3 is 4.90 Å². The molecule has 2 nitrogen and oxygen atoms in total. The van der Waals surface area contributed by atoms with Crippen molar-refractivity contribution in [3.63, 3.8) is 0 Å². The Hall–Kier alpha value is -1.61. The molecule has 2 saturated heterocycles. The van der Waals surface area contributed by atoms with Gasteiger partial charge in [0.25, 0.3) is 0 Å². The number of ketones is 1. The molecule has 2 heterocycles. The van der Waals surface area contributed by atoms with Crippen LogP contribution in [0.1, 0.15) is 30.9 Å². The van der Waals surface area contributed by atoms with Gasteiger partial charge in [-0.25, -0.2) is 0 Å². The zero-order valence-corrected chi connectivity index (χ0v) is 13.9. The van der Waals surface area contributed by atoms with Crippen LogP contribution in [0.25, 0.3) is 0 Å². The molecule has 2 aromatic rings. The van der Waals surface area contributed by atoms with Crippen LogP contribution in [0.5, 0.6) is 0 Å². The summed E-state index contributed by atoms with van der Waals surface area (Å²) in [7, 11) is 0. The zero-order chi connectivity index (χ0) is 15.1. The lowest BCUT2D eigenvalue weighted by atomic mass is 9.71. The second kappa shape index (κ2) is 5.54. The summed E-state index contributed by atoms with van der Waals surface area (Å²) in [6.07, 6.45) is 2.83. The van der Waals surface area contributed by atoms with Crippen LogP contribution in [-0.4, -0.2) is 11.8 Å². The predicted molar refractivity (Wildman–Crippen MR) is 91.9 cm³/mol. The maximum absolute atomic E-state index is 12.5. The second-order valence-corrected chi connectivity index (χ2v) is 7.07. The molecular formula is C19H18BrNO. The standard InChI is InChI=1S/C19H18BrNO/c20-17-9-5-4-8-15(17)19-16-11-10-14(12-18(16)22)21(19)13-6-2-1-3-7-13/h1-9,14,16,19H,10-12H2/t14-,16+,19+/m0/s1. The van der Waals surface area contributed by atoms with Gasteiger partial charge in [-0.2, -0.15) is 0 Å². The molecule has 0 aromatic heterocycles. The van der Waals surface area contributed by atoms with E-state index in [1.54, 1.807) is 0 Å². The van der Waals surface area contributed by atoms with E-state index in [-0.39, 0.29) is 12.0 Å². The second-order valence-electron chi connectivity index (χ2n) is 6.22. The van der Waals surface area contributed by atoms with Crippen LogP contribution in [0, 0.1) is 5.92 Å². The molecular weight excluding hydrogens is 338 g/mol. The third-order valence-corrected chi connectivity index (χ3v) is 5.74. The largest absolute Gasteiger partial charge is 0.360 e. The van der Waals surface area contributed by atoms with Gasteiger partial charge in [0.05, 0.1) is 6.04 Å². The Morgan fingerprint density at radius 2 is 1.68 bits per heavy atom. The molecule has 5 rings (SSSR count). The van der Waals surface area contributed by atoms with Crippen molar-refractivity contribution in [1.29, 1.82) is 0 Å². The molecule has 2 aliphatic heterocycles. The van der Waals surface area contributed by atoms with Gasteiger partial charge in [-0.1, -0.05) is 52.3 Å². The first-order valence-corrected chi connectivity index (χ1v) is 8.65. The van der Waals surface area contributed by atoms with E-state index in [2.05, 4.69) is 63.3 Å². The highest BCUT2D eigenvalue weighted by Gasteiger charge is 2.47. The molecule has 22 heavy (non-hydrogen) atoms. The normalized spacial score (nSPS) is 27.2. The fourth-order valence-corrected chi connectivity index (χ4v) is 4.58. The van der Waals surface area contributed by atoms with E-state index in [4.69, 9.17) is 0 Å². The molecule has 112 valence electrons. The van der Waals surface area contributed by atoms with Crippen molar-refractivity contribution in [2.75, 3.05) is 4.90 Å². The highest BCUT2D eigenvalue weighted by atomic mass is 79.9. The number of Topliss-reactive ketones (excluding diaryl/α,β-unsaturated/α-hetero) is 1. The molecule has 0 spiro atoms. The summed E-state index contributed by atoms with van der Waals surface area (Å²) in [6.45, 7) is 0. The number of hydrogen-bond acceptors (Lipinski definition) is 2. The van der Waals surface area contributed by atoms with E-state index in [9.17, 15) is 4.79 Å². The minimum absolute atomic E-state index is 0.115. The van der Waals surface area contributed by atoms with Crippen molar-refractivity contribution in [1.82, 2.24) is 0 Å². The van der Waals surface area contributed by atoms with Gasteiger partial charge in [0.1, 0.15) is 5.78 Å². The van der Waals surface area contributed by atoms with E-state index >= 15 is 0 Å². The van der Waals surface area contributed by atoms with E-state index in [0.717, 1.165) is 17.3 Å². The number of rotatable bonds is 2. The van der Waals surface area contributed by atoms with Crippen LogP contribution in [-0.2, 0) is 4.79 Å². The Morgan fingerprint density at radius 3 is 2.41 bits per heavy atom. The number of carbonyl (C=O) groups is 1. The minimum Gasteiger partial charge on any atom is -0.360 e. The van der Waals surface area contributed by atoms with Gasteiger partial charge in [0, 0.05) is 28.5 Å². The number of para-hydroxylation sites is 1. The first kappa shape index (κ1) is 14.0. The van der Waals surface area contributed by atoms with E-state index in [1.807, 2.05) is 12.1 Å². The lowest BCUT2D eigenvalue weighted by Gasteiger charge is -2.52. The van der Waals surface area contributed by atoms with Gasteiger partial charge in [0.15, 0.2) is 0 Å². The molecule has 3 fully saturated rings. The lowest BCUT2D eigenvalue weighted by molar-refractivity contribution is -0.128. The number of halogens is 1. The first-order valence-electron chi connectivity index (χ1n) is 7.86. The third-order valence-electron chi connectivity index (χ3n) is 5.01. The fraction of sp³-hybridized carbons (Fsp3) is 0.316. The average Bonchev–Trinajstić information content (AvgIpc) is 2.56. The van der Waals surface area contributed by atoms with E-state index in [1.165, 1.54) is 11.3 Å². The Morgan fingerprint density at radius 1 is 0.955 bits per heavy atom. The number of anilines is 1. The molecule has 0 radical (unpaired) electrons. The molecule has 2 bridgehead atoms. The molecule has 2 aromatic carbocycles. The van der Waals surface area contributed by atoms with Crippen molar-refractivity contribution in [2.45, 2.75) is 31.3 Å². The zero-order valence-electron chi connectivity index (χ0n) is 12.3. The Bertz CT molecular complexity index is 700. The molecule has 3 atom stereocenters. The first-order chi connectivity index (χ1) is 10.8. The van der Waals surface area contributed by atoms with Crippen molar-refractivity contribution >= 4 is 27.4 Å². The summed E-state index contributed by atoms with van der Waals surface area (Å²) < 4.78 is 1.10. The predicted octanol–water partition coefficient (Wildman–Crippen LogP) is 4.75. The SMILES string of the molecule is O=C1C[C@@H]2CC[C@H]1[C@@H](c1ccccc1Br)N2c1ccccc1. The lowest BCUT2D eigenvalue weighted by Crippen LogP contribution is -2.54. The summed E-state index contributed by atoms with van der Waals surface area (Å²) >= 11 is 3.69. The molecule has 0 unspecified atom stereocenters. The summed E-state index contributed by atoms with van der Waals surface area (Å²) in [5.74, 6) is 0.549. The number of nitrogens with zero attached hydrogens (tertiary/aromatic N) is 1. The van der Waals surface area contributed by atoms with Crippen molar-refractivity contribution < 1.29 is 4.79 Å². The summed E-state index contributed by atoms with van der Waals surface area (Å²) in [4.78, 5) is 15.0. The fourth-order valence-electron chi connectivity index (χ4n) is 4.06. The third kappa shape index (κ3) is 2.19. The maximum Gasteiger partial charge on any atom is 0.140 e. The Kier molecular flexibility index (Phi) is 3.53. The number of hydrogen-bond donors (Lipinski definition) is 0. The van der Waals surface area contributed by atoms with Gasteiger partial charge in [-0.05, 0) is 36.6 Å². The summed E-state index contributed by atoms with van der Waals surface area (Å²) in [5.41, 5.74) is 2.46. The Balaban J connectivity index is 1.84. The number of carbonyl (C=O) groups excluding carboxylic acids is 1. The van der Waals surface area contributed by atoms with Gasteiger partial charge in [-0.15, -0.1) is 0 Å². The quantitative estimate of drug-likeness (QED) is 0.774. The topological polar surface area (TPSA) is 20.3 Å². The van der Waals surface area contributed by atoms with Crippen LogP contribution in [0.3, 0.4) is 0 Å². The molecule has 0 N–H and O–H groups in total. The van der Waals surface area contributed by atoms with Crippen LogP contribution >= 0.6 is 15.9 Å². The van der Waals surface area contributed by atoms with Crippen molar-refractivity contribution in [3.05, 3.63) is 64.6 Å². The van der Waals surface area contributed by atoms with Crippen LogP contribution < -0.4 is 4.90 Å². The number of fused-ring (bicyclic) bond motifs is 3. The molecule has 0 amide bonds. The number of piperidine rings is 2. The average molecular weight is 356 g/mol. The van der Waals surface area contributed by atoms with Gasteiger partial charge in [-0.3, -0.25) is 4.79 Å². The highest BCUT2D eigenvalue weighted by molar-refractivity contribution is 9.10. The maximum atomic E-state index is 12.5. The number of benzene rings is 2. The molecule has 3 heteroatoms. The van der Waals surface area contributed by atoms with Crippen molar-refractivity contribution in [2.24, 2.45) is 5.92 Å².